The highest BCUT2D eigenvalue weighted by molar-refractivity contribution is 7.91. The van der Waals surface area contributed by atoms with E-state index < -0.39 is 27.9 Å². The second-order valence-electron chi connectivity index (χ2n) is 8.95. The van der Waals surface area contributed by atoms with Gasteiger partial charge in [0, 0.05) is 28.2 Å². The summed E-state index contributed by atoms with van der Waals surface area (Å²) in [6.45, 7) is 1.81. The number of rotatable bonds is 10. The van der Waals surface area contributed by atoms with Gasteiger partial charge in [-0.25, -0.2) is 18.2 Å². The number of hydrogen-bond acceptors (Lipinski definition) is 7. The first-order valence-electron chi connectivity index (χ1n) is 12.1. The van der Waals surface area contributed by atoms with Crippen LogP contribution in [0.2, 0.25) is 5.02 Å². The molecule has 9 nitrogen and oxygen atoms in total. The molecule has 208 valence electrons. The van der Waals surface area contributed by atoms with Crippen molar-refractivity contribution in [1.82, 2.24) is 9.88 Å². The van der Waals surface area contributed by atoms with Gasteiger partial charge in [0.1, 0.15) is 0 Å². The van der Waals surface area contributed by atoms with Crippen LogP contribution in [0.25, 0.3) is 0 Å². The molecule has 2 amide bonds. The van der Waals surface area contributed by atoms with E-state index in [-0.39, 0.29) is 28.4 Å². The number of carboxylic acid groups (broad SMARTS) is 1. The van der Waals surface area contributed by atoms with Crippen molar-refractivity contribution in [3.63, 3.8) is 0 Å². The maximum Gasteiger partial charge on any atom is 0.407 e. The Morgan fingerprint density at radius 1 is 1.05 bits per heavy atom. The molecule has 0 aliphatic heterocycles. The number of amides is 2. The van der Waals surface area contributed by atoms with Gasteiger partial charge in [-0.15, -0.1) is 11.3 Å². The molecule has 0 unspecified atom stereocenters. The van der Waals surface area contributed by atoms with Crippen molar-refractivity contribution in [2.45, 2.75) is 29.2 Å². The van der Waals surface area contributed by atoms with Crippen LogP contribution in [0.15, 0.2) is 88.8 Å². The minimum atomic E-state index is -3.92. The van der Waals surface area contributed by atoms with Crippen LogP contribution < -0.4 is 5.32 Å². The second kappa shape index (κ2) is 12.6. The molecule has 1 heterocycles. The number of thiazole rings is 1. The number of benzene rings is 3. The molecule has 0 radical (unpaired) electrons. The molecule has 3 aromatic carbocycles. The number of nitrogens with one attached hydrogen (secondary N) is 1. The number of hydrogen-bond donors (Lipinski definition) is 3. The summed E-state index contributed by atoms with van der Waals surface area (Å²) in [7, 11) is -3.92. The molecule has 0 saturated carbocycles. The van der Waals surface area contributed by atoms with Crippen LogP contribution in [-0.2, 0) is 16.3 Å². The van der Waals surface area contributed by atoms with Crippen LogP contribution in [0.5, 0.6) is 0 Å². The number of nitrogens with zero attached hydrogens (tertiary/aromatic N) is 2. The number of halogens is 1. The van der Waals surface area contributed by atoms with Crippen molar-refractivity contribution in [2.75, 3.05) is 18.4 Å². The molecule has 12 heteroatoms. The van der Waals surface area contributed by atoms with Gasteiger partial charge >= 0.3 is 6.09 Å². The number of anilines is 1. The number of carbonyl (C=O) groups is 2. The zero-order valence-electron chi connectivity index (χ0n) is 21.3. The van der Waals surface area contributed by atoms with E-state index in [2.05, 4.69) is 10.3 Å². The van der Waals surface area contributed by atoms with Crippen LogP contribution in [0.1, 0.15) is 32.5 Å². The fraction of sp³-hybridized carbons (Fsp3) is 0.179. The quantitative estimate of drug-likeness (QED) is 0.220. The fourth-order valence-corrected chi connectivity index (χ4v) is 6.08. The van der Waals surface area contributed by atoms with Gasteiger partial charge in [0.2, 0.25) is 9.84 Å². The summed E-state index contributed by atoms with van der Waals surface area (Å²) in [5, 5.41) is 23.6. The Balaban J connectivity index is 1.42. The van der Waals surface area contributed by atoms with Crippen molar-refractivity contribution in [1.29, 1.82) is 0 Å². The molecule has 1 aromatic heterocycles. The van der Waals surface area contributed by atoms with Gasteiger partial charge in [0.25, 0.3) is 5.91 Å². The lowest BCUT2D eigenvalue weighted by molar-refractivity contribution is 0.0973. The van der Waals surface area contributed by atoms with Gasteiger partial charge in [-0.1, -0.05) is 41.9 Å². The maximum absolute atomic E-state index is 13.3. The number of sulfone groups is 1. The molecule has 4 aromatic rings. The van der Waals surface area contributed by atoms with Crippen LogP contribution in [0.4, 0.5) is 9.93 Å². The molecule has 4 rings (SSSR count). The first-order valence-corrected chi connectivity index (χ1v) is 14.8. The normalized spacial score (nSPS) is 12.1. The zero-order valence-corrected chi connectivity index (χ0v) is 23.7. The monoisotopic (exact) mass is 599 g/mol. The molecule has 0 aliphatic rings. The summed E-state index contributed by atoms with van der Waals surface area (Å²) in [6, 6.07) is 18.5. The first kappa shape index (κ1) is 29.2. The molecule has 0 fully saturated rings. The Morgan fingerprint density at radius 2 is 1.77 bits per heavy atom. The predicted molar refractivity (Wildman–Crippen MR) is 153 cm³/mol. The lowest BCUT2D eigenvalue weighted by atomic mass is 10.1. The van der Waals surface area contributed by atoms with Gasteiger partial charge in [-0.2, -0.15) is 0 Å². The van der Waals surface area contributed by atoms with Crippen molar-refractivity contribution in [2.24, 2.45) is 0 Å². The third kappa shape index (κ3) is 7.24. The maximum atomic E-state index is 13.3. The van der Waals surface area contributed by atoms with Gasteiger partial charge < -0.3 is 15.1 Å². The highest BCUT2D eigenvalue weighted by Gasteiger charge is 2.21. The fourth-order valence-electron chi connectivity index (χ4n) is 3.91. The molecular weight excluding hydrogens is 574 g/mol. The minimum absolute atomic E-state index is 0.0322. The van der Waals surface area contributed by atoms with E-state index in [1.54, 1.807) is 42.6 Å². The lowest BCUT2D eigenvalue weighted by Gasteiger charge is -2.23. The van der Waals surface area contributed by atoms with E-state index in [4.69, 9.17) is 11.6 Å². The average molecular weight is 600 g/mol. The van der Waals surface area contributed by atoms with Gasteiger partial charge in [0.05, 0.1) is 22.4 Å². The van der Waals surface area contributed by atoms with E-state index in [1.165, 1.54) is 47.7 Å². The molecule has 40 heavy (non-hydrogen) atoms. The Morgan fingerprint density at radius 3 is 2.42 bits per heavy atom. The summed E-state index contributed by atoms with van der Waals surface area (Å²) in [5.41, 5.74) is 1.40. The van der Waals surface area contributed by atoms with Crippen molar-refractivity contribution < 1.29 is 28.2 Å². The van der Waals surface area contributed by atoms with Gasteiger partial charge in [-0.05, 0) is 66.9 Å². The van der Waals surface area contributed by atoms with E-state index in [0.717, 1.165) is 9.78 Å². The van der Waals surface area contributed by atoms with Crippen molar-refractivity contribution in [3.05, 3.63) is 106 Å². The number of aromatic nitrogens is 1. The molecule has 0 saturated heterocycles. The Kier molecular flexibility index (Phi) is 9.21. The third-order valence-corrected chi connectivity index (χ3v) is 8.88. The molecule has 0 bridgehead atoms. The smallest absolute Gasteiger partial charge is 0.407 e. The van der Waals surface area contributed by atoms with E-state index in [1.807, 2.05) is 6.92 Å². The minimum Gasteiger partial charge on any atom is -0.465 e. The summed E-state index contributed by atoms with van der Waals surface area (Å²) in [5.74, 6) is -0.467. The van der Waals surface area contributed by atoms with E-state index in [9.17, 15) is 28.2 Å². The van der Waals surface area contributed by atoms with Crippen LogP contribution in [-0.4, -0.2) is 53.6 Å². The second-order valence-corrected chi connectivity index (χ2v) is 12.6. The molecular formula is C28H26ClN3O6S2. The van der Waals surface area contributed by atoms with E-state index >= 15 is 0 Å². The highest BCUT2D eigenvalue weighted by atomic mass is 35.5. The number of carbonyl (C=O) groups excluding carboxylic acids is 1. The summed E-state index contributed by atoms with van der Waals surface area (Å²) in [6.07, 6.45) is -0.296. The average Bonchev–Trinajstić information content (AvgIpc) is 3.35. The summed E-state index contributed by atoms with van der Waals surface area (Å²) in [4.78, 5) is 30.5. The van der Waals surface area contributed by atoms with Gasteiger partial charge in [0.15, 0.2) is 5.13 Å². The van der Waals surface area contributed by atoms with Crippen LogP contribution in [0.3, 0.4) is 0 Å². The summed E-state index contributed by atoms with van der Waals surface area (Å²) < 4.78 is 26.5. The standard InChI is InChI=1S/C28H26ClN3O6S2/c1-18-16-30-27(39-18)31-26(34)21-5-3-7-24(15-21)40(37,38)23-10-8-19(9-11-23)12-13-32(28(35)36)17-25(33)20-4-2-6-22(29)14-20/h2-11,14-16,25,33H,12-13,17H2,1H3,(H,35,36)(H,30,31,34)/t25-/m1/s1. The van der Waals surface area contributed by atoms with Crippen molar-refractivity contribution in [3.8, 4) is 0 Å². The predicted octanol–water partition coefficient (Wildman–Crippen LogP) is 5.45. The van der Waals surface area contributed by atoms with Crippen LogP contribution in [0, 0.1) is 6.92 Å². The third-order valence-electron chi connectivity index (χ3n) is 6.05. The lowest BCUT2D eigenvalue weighted by Crippen LogP contribution is -2.35. The topological polar surface area (TPSA) is 137 Å². The van der Waals surface area contributed by atoms with E-state index in [0.29, 0.717) is 27.7 Å². The zero-order chi connectivity index (χ0) is 28.9. The largest absolute Gasteiger partial charge is 0.465 e. The molecule has 0 aliphatic carbocycles. The SMILES string of the molecule is Cc1cnc(NC(=O)c2cccc(S(=O)(=O)c3ccc(CCN(C[C@@H](O)c4cccc(Cl)c4)C(=O)O)cc3)c2)s1. The number of aliphatic hydroxyl groups is 1. The van der Waals surface area contributed by atoms with Crippen molar-refractivity contribution >= 4 is 49.9 Å². The number of aryl methyl sites for hydroxylation is 1. The highest BCUT2D eigenvalue weighted by Crippen LogP contribution is 2.24. The van der Waals surface area contributed by atoms with Crippen LogP contribution >= 0.6 is 22.9 Å². The first-order chi connectivity index (χ1) is 19.0. The summed E-state index contributed by atoms with van der Waals surface area (Å²) >= 11 is 7.28. The molecule has 1 atom stereocenters. The molecule has 0 spiro atoms. The number of aliphatic hydroxyl groups excluding tert-OH is 1. The van der Waals surface area contributed by atoms with Gasteiger partial charge in [-0.3, -0.25) is 10.1 Å². The Bertz CT molecular complexity index is 1620. The Labute approximate surface area is 240 Å². The Hall–Kier alpha value is -3.77. The molecule has 3 N–H and O–H groups in total.